The summed E-state index contributed by atoms with van der Waals surface area (Å²) in [5.74, 6) is 1.03. The molecule has 3 atom stereocenters. The van der Waals surface area contributed by atoms with Crippen LogP contribution < -0.4 is 15.5 Å². The summed E-state index contributed by atoms with van der Waals surface area (Å²) in [5, 5.41) is 17.3. The minimum absolute atomic E-state index is 0.00216. The van der Waals surface area contributed by atoms with E-state index in [1.165, 1.54) is 0 Å². The number of dihydropyridines is 1. The van der Waals surface area contributed by atoms with Gasteiger partial charge in [-0.15, -0.1) is 0 Å². The number of hydrogen-bond donors (Lipinski definition) is 4. The molecule has 2 aromatic heterocycles. The van der Waals surface area contributed by atoms with E-state index >= 15 is 0 Å². The van der Waals surface area contributed by atoms with Crippen LogP contribution in [-0.2, 0) is 0 Å². The Bertz CT molecular complexity index is 952. The number of thiazole rings is 1. The molecule has 0 saturated heterocycles. The van der Waals surface area contributed by atoms with Gasteiger partial charge in [0.05, 0.1) is 18.2 Å². The summed E-state index contributed by atoms with van der Waals surface area (Å²) in [4.78, 5) is 23.9. The number of anilines is 1. The Hall–Kier alpha value is -1.84. The number of thioether (sulfide) groups is 1. The van der Waals surface area contributed by atoms with Crippen molar-refractivity contribution >= 4 is 39.3 Å². The quantitative estimate of drug-likeness (QED) is 0.353. The summed E-state index contributed by atoms with van der Waals surface area (Å²) >= 11 is 2.68. The molecule has 3 rings (SSSR count). The van der Waals surface area contributed by atoms with Crippen LogP contribution in [0.1, 0.15) is 40.5 Å². The molecule has 0 saturated carbocycles. The number of aromatic amines is 1. The standard InChI is InChI=1S/C20H29N5O2S2/c1-5-14(20(4)8-6-7-9-21-20)28-18-23-16(22-13(11-26)10-12(2)3)15-17(24-18)25-19(27)29-15/h6-9,12-14,21,26H,5,10-11H2,1-4H3,(H2,22,23,24,25,27)/t13-,14?,20?/m1/s1. The molecule has 158 valence electrons. The lowest BCUT2D eigenvalue weighted by Crippen LogP contribution is -2.47. The van der Waals surface area contributed by atoms with Gasteiger partial charge in [0.2, 0.25) is 0 Å². The Morgan fingerprint density at radius 3 is 2.76 bits per heavy atom. The van der Waals surface area contributed by atoms with Gasteiger partial charge in [0.1, 0.15) is 4.70 Å². The Kier molecular flexibility index (Phi) is 7.02. The van der Waals surface area contributed by atoms with E-state index in [1.54, 1.807) is 11.8 Å². The molecule has 1 aliphatic rings. The van der Waals surface area contributed by atoms with Crippen molar-refractivity contribution in [3.63, 3.8) is 0 Å². The van der Waals surface area contributed by atoms with Crippen molar-refractivity contribution in [1.82, 2.24) is 20.3 Å². The van der Waals surface area contributed by atoms with Gasteiger partial charge in [-0.05, 0) is 38.0 Å². The fraction of sp³-hybridized carbons (Fsp3) is 0.550. The molecule has 29 heavy (non-hydrogen) atoms. The average Bonchev–Trinajstić information content (AvgIpc) is 3.06. The van der Waals surface area contributed by atoms with Gasteiger partial charge in [0.15, 0.2) is 16.6 Å². The molecule has 0 amide bonds. The summed E-state index contributed by atoms with van der Waals surface area (Å²) < 4.78 is 0.694. The maximum Gasteiger partial charge on any atom is 0.306 e. The number of allylic oxidation sites excluding steroid dienone is 2. The summed E-state index contributed by atoms with van der Waals surface area (Å²) in [7, 11) is 0. The summed E-state index contributed by atoms with van der Waals surface area (Å²) in [5.41, 5.74) is 0.321. The van der Waals surface area contributed by atoms with Crippen LogP contribution in [0.2, 0.25) is 0 Å². The second-order valence-corrected chi connectivity index (χ2v) is 10.0. The smallest absolute Gasteiger partial charge is 0.306 e. The topological polar surface area (TPSA) is 103 Å². The second kappa shape index (κ2) is 9.32. The zero-order valence-corrected chi connectivity index (χ0v) is 18.9. The van der Waals surface area contributed by atoms with Crippen LogP contribution in [-0.4, -0.2) is 43.5 Å². The maximum atomic E-state index is 11.9. The molecule has 9 heteroatoms. The number of nitrogens with zero attached hydrogens (tertiary/aromatic N) is 2. The van der Waals surface area contributed by atoms with E-state index in [2.05, 4.69) is 54.4 Å². The summed E-state index contributed by atoms with van der Waals surface area (Å²) in [6, 6.07) is -0.129. The zero-order chi connectivity index (χ0) is 21.0. The Balaban J connectivity index is 1.93. The molecule has 0 spiro atoms. The van der Waals surface area contributed by atoms with Gasteiger partial charge >= 0.3 is 4.87 Å². The molecule has 0 aliphatic carbocycles. The molecule has 2 unspecified atom stereocenters. The normalized spacial score (nSPS) is 20.8. The van der Waals surface area contributed by atoms with Crippen LogP contribution in [0.15, 0.2) is 34.4 Å². The van der Waals surface area contributed by atoms with Crippen molar-refractivity contribution in [2.24, 2.45) is 5.92 Å². The third-order valence-corrected chi connectivity index (χ3v) is 7.29. The van der Waals surface area contributed by atoms with Gasteiger partial charge in [0, 0.05) is 5.25 Å². The fourth-order valence-electron chi connectivity index (χ4n) is 3.46. The molecule has 1 aliphatic heterocycles. The summed E-state index contributed by atoms with van der Waals surface area (Å²) in [6.45, 7) is 8.53. The molecule has 4 N–H and O–H groups in total. The number of aliphatic hydroxyl groups excluding tert-OH is 1. The van der Waals surface area contributed by atoms with Gasteiger partial charge in [0.25, 0.3) is 0 Å². The number of rotatable bonds is 9. The molecule has 0 aromatic carbocycles. The van der Waals surface area contributed by atoms with E-state index in [0.717, 1.165) is 24.2 Å². The second-order valence-electron chi connectivity index (χ2n) is 7.86. The Morgan fingerprint density at radius 2 is 2.14 bits per heavy atom. The van der Waals surface area contributed by atoms with E-state index < -0.39 is 0 Å². The van der Waals surface area contributed by atoms with Crippen LogP contribution in [0.5, 0.6) is 0 Å². The van der Waals surface area contributed by atoms with Crippen molar-refractivity contribution < 1.29 is 5.11 Å². The van der Waals surface area contributed by atoms with Crippen molar-refractivity contribution in [3.8, 4) is 0 Å². The van der Waals surface area contributed by atoms with Crippen molar-refractivity contribution in [1.29, 1.82) is 0 Å². The average molecular weight is 436 g/mol. The number of aliphatic hydroxyl groups is 1. The SMILES string of the molecule is CCC(Sc1nc(N[C@@H](CO)CC(C)C)c2sc(=O)[nH]c2n1)C1(C)C=CC=CN1. The number of fused-ring (bicyclic) bond motifs is 1. The maximum absolute atomic E-state index is 11.9. The predicted octanol–water partition coefficient (Wildman–Crippen LogP) is 3.50. The third-order valence-electron chi connectivity index (χ3n) is 4.91. The third kappa shape index (κ3) is 5.21. The Morgan fingerprint density at radius 1 is 1.34 bits per heavy atom. The minimum Gasteiger partial charge on any atom is -0.394 e. The van der Waals surface area contributed by atoms with E-state index in [0.29, 0.717) is 27.2 Å². The van der Waals surface area contributed by atoms with Crippen molar-refractivity contribution in [2.75, 3.05) is 11.9 Å². The molecule has 0 bridgehead atoms. The highest BCUT2D eigenvalue weighted by Crippen LogP contribution is 2.35. The van der Waals surface area contributed by atoms with Gasteiger partial charge in [-0.25, -0.2) is 9.97 Å². The van der Waals surface area contributed by atoms with Crippen LogP contribution in [0.4, 0.5) is 5.82 Å². The predicted molar refractivity (Wildman–Crippen MR) is 122 cm³/mol. The molecule has 0 fully saturated rings. The van der Waals surface area contributed by atoms with Crippen molar-refractivity contribution in [2.45, 2.75) is 62.5 Å². The lowest BCUT2D eigenvalue weighted by atomic mass is 9.93. The highest BCUT2D eigenvalue weighted by Gasteiger charge is 2.32. The van der Waals surface area contributed by atoms with Crippen LogP contribution in [0.25, 0.3) is 10.3 Å². The number of aromatic nitrogens is 3. The molecular formula is C20H29N5O2S2. The highest BCUT2D eigenvalue weighted by atomic mass is 32.2. The van der Waals surface area contributed by atoms with Crippen LogP contribution in [0, 0.1) is 5.92 Å². The van der Waals surface area contributed by atoms with Crippen LogP contribution in [0.3, 0.4) is 0 Å². The number of nitrogens with one attached hydrogen (secondary N) is 3. The molecular weight excluding hydrogens is 406 g/mol. The first-order valence-corrected chi connectivity index (χ1v) is 11.6. The fourth-order valence-corrected chi connectivity index (χ4v) is 5.29. The van der Waals surface area contributed by atoms with Gasteiger partial charge < -0.3 is 15.7 Å². The number of hydrogen-bond acceptors (Lipinski definition) is 8. The lowest BCUT2D eigenvalue weighted by molar-refractivity contribution is 0.259. The zero-order valence-electron chi connectivity index (χ0n) is 17.2. The molecule has 2 aromatic rings. The molecule has 7 nitrogen and oxygen atoms in total. The number of H-pyrrole nitrogens is 1. The van der Waals surface area contributed by atoms with Gasteiger partial charge in [-0.1, -0.05) is 56.0 Å². The van der Waals surface area contributed by atoms with Gasteiger partial charge in [-0.2, -0.15) is 0 Å². The van der Waals surface area contributed by atoms with Gasteiger partial charge in [-0.3, -0.25) is 9.78 Å². The Labute approximate surface area is 179 Å². The lowest BCUT2D eigenvalue weighted by Gasteiger charge is -2.35. The molecule has 3 heterocycles. The largest absolute Gasteiger partial charge is 0.394 e. The van der Waals surface area contributed by atoms with Crippen molar-refractivity contribution in [3.05, 3.63) is 34.1 Å². The summed E-state index contributed by atoms with van der Waals surface area (Å²) in [6.07, 6.45) is 9.86. The van der Waals surface area contributed by atoms with E-state index in [4.69, 9.17) is 4.98 Å². The van der Waals surface area contributed by atoms with E-state index in [9.17, 15) is 9.90 Å². The molecule has 0 radical (unpaired) electrons. The first-order chi connectivity index (χ1) is 13.8. The highest BCUT2D eigenvalue weighted by molar-refractivity contribution is 7.99. The monoisotopic (exact) mass is 435 g/mol. The first-order valence-electron chi connectivity index (χ1n) is 9.91. The van der Waals surface area contributed by atoms with E-state index in [-0.39, 0.29) is 28.3 Å². The first kappa shape index (κ1) is 21.9. The minimum atomic E-state index is -0.215. The van der Waals surface area contributed by atoms with E-state index in [1.807, 2.05) is 18.4 Å². The van der Waals surface area contributed by atoms with Crippen LogP contribution >= 0.6 is 23.1 Å².